The van der Waals surface area contributed by atoms with Crippen LogP contribution in [0.3, 0.4) is 0 Å². The summed E-state index contributed by atoms with van der Waals surface area (Å²) in [6, 6.07) is 4.18. The summed E-state index contributed by atoms with van der Waals surface area (Å²) in [5.41, 5.74) is 10.9. The Morgan fingerprint density at radius 1 is 1.35 bits per heavy atom. The van der Waals surface area contributed by atoms with Crippen LogP contribution in [0.15, 0.2) is 18.3 Å². The molecule has 2 aromatic heterocycles. The Morgan fingerprint density at radius 3 is 2.65 bits per heavy atom. The van der Waals surface area contributed by atoms with Crippen molar-refractivity contribution >= 4 is 5.65 Å². The van der Waals surface area contributed by atoms with Gasteiger partial charge in [-0.25, -0.2) is 4.98 Å². The topological polar surface area (TPSA) is 43.3 Å². The number of aromatic nitrogens is 2. The Kier molecular flexibility index (Phi) is 2.11. The van der Waals surface area contributed by atoms with E-state index in [2.05, 4.69) is 43.5 Å². The summed E-state index contributed by atoms with van der Waals surface area (Å²) in [6.07, 6.45) is 4.30. The molecule has 0 saturated heterocycles. The number of nitrogens with two attached hydrogens (primary N) is 1. The fourth-order valence-electron chi connectivity index (χ4n) is 2.44. The zero-order valence-corrected chi connectivity index (χ0v) is 10.7. The minimum Gasteiger partial charge on any atom is -0.320 e. The molecule has 0 atom stereocenters. The summed E-state index contributed by atoms with van der Waals surface area (Å²) >= 11 is 0. The average Bonchev–Trinajstić information content (AvgIpc) is 2.88. The molecule has 2 N–H and O–H groups in total. The molecule has 3 heteroatoms. The van der Waals surface area contributed by atoms with Gasteiger partial charge in [0.25, 0.3) is 0 Å². The van der Waals surface area contributed by atoms with Gasteiger partial charge >= 0.3 is 0 Å². The Bertz CT molecular complexity index is 576. The molecule has 0 amide bonds. The molecule has 2 heterocycles. The van der Waals surface area contributed by atoms with Crippen LogP contribution in [0.5, 0.6) is 0 Å². The molecule has 0 spiro atoms. The second-order valence-corrected chi connectivity index (χ2v) is 5.59. The highest BCUT2D eigenvalue weighted by molar-refractivity contribution is 5.48. The molecule has 0 bridgehead atoms. The predicted molar refractivity (Wildman–Crippen MR) is 69.1 cm³/mol. The SMILES string of the molecule is Cc1ccc2nc(C(C)C)c(C3(N)CC3)n2c1. The van der Waals surface area contributed by atoms with E-state index in [9.17, 15) is 0 Å². The zero-order valence-electron chi connectivity index (χ0n) is 10.7. The van der Waals surface area contributed by atoms with Crippen LogP contribution in [0.2, 0.25) is 0 Å². The van der Waals surface area contributed by atoms with E-state index in [4.69, 9.17) is 10.7 Å². The monoisotopic (exact) mass is 229 g/mol. The van der Waals surface area contributed by atoms with E-state index in [-0.39, 0.29) is 5.54 Å². The predicted octanol–water partition coefficient (Wildman–Crippen LogP) is 2.71. The third-order valence-corrected chi connectivity index (χ3v) is 3.60. The minimum absolute atomic E-state index is 0.132. The van der Waals surface area contributed by atoms with E-state index in [1.54, 1.807) is 0 Å². The van der Waals surface area contributed by atoms with Crippen LogP contribution in [-0.4, -0.2) is 9.38 Å². The Morgan fingerprint density at radius 2 is 2.06 bits per heavy atom. The molecule has 0 aromatic carbocycles. The lowest BCUT2D eigenvalue weighted by Crippen LogP contribution is -2.23. The Balaban J connectivity index is 2.33. The first kappa shape index (κ1) is 10.8. The van der Waals surface area contributed by atoms with Gasteiger partial charge in [0.2, 0.25) is 0 Å². The molecule has 3 rings (SSSR count). The molecule has 90 valence electrons. The molecule has 1 saturated carbocycles. The maximum Gasteiger partial charge on any atom is 0.137 e. The summed E-state index contributed by atoms with van der Waals surface area (Å²) in [7, 11) is 0. The number of pyridine rings is 1. The average molecular weight is 229 g/mol. The number of rotatable bonds is 2. The second-order valence-electron chi connectivity index (χ2n) is 5.59. The van der Waals surface area contributed by atoms with Crippen LogP contribution in [-0.2, 0) is 5.54 Å². The third kappa shape index (κ3) is 1.57. The number of nitrogens with zero attached hydrogens (tertiary/aromatic N) is 2. The van der Waals surface area contributed by atoms with E-state index in [0.717, 1.165) is 24.2 Å². The molecular formula is C14H19N3. The van der Waals surface area contributed by atoms with Gasteiger partial charge in [-0.3, -0.25) is 0 Å². The minimum atomic E-state index is -0.132. The molecule has 0 radical (unpaired) electrons. The summed E-state index contributed by atoms with van der Waals surface area (Å²) < 4.78 is 2.19. The number of aryl methyl sites for hydroxylation is 1. The quantitative estimate of drug-likeness (QED) is 0.860. The maximum atomic E-state index is 6.41. The number of hydrogen-bond acceptors (Lipinski definition) is 2. The van der Waals surface area contributed by atoms with Gasteiger partial charge < -0.3 is 10.1 Å². The Hall–Kier alpha value is -1.35. The van der Waals surface area contributed by atoms with Crippen molar-refractivity contribution in [2.45, 2.75) is 45.1 Å². The molecule has 2 aromatic rings. The van der Waals surface area contributed by atoms with E-state index < -0.39 is 0 Å². The lowest BCUT2D eigenvalue weighted by molar-refractivity contribution is 0.667. The van der Waals surface area contributed by atoms with Crippen molar-refractivity contribution in [3.05, 3.63) is 35.3 Å². The van der Waals surface area contributed by atoms with Crippen LogP contribution in [0, 0.1) is 6.92 Å². The summed E-state index contributed by atoms with van der Waals surface area (Å²) in [6.45, 7) is 6.47. The fourth-order valence-corrected chi connectivity index (χ4v) is 2.44. The van der Waals surface area contributed by atoms with Gasteiger partial charge in [0, 0.05) is 6.20 Å². The van der Waals surface area contributed by atoms with Crippen LogP contribution < -0.4 is 5.73 Å². The second kappa shape index (κ2) is 3.33. The van der Waals surface area contributed by atoms with Gasteiger partial charge in [0.15, 0.2) is 0 Å². The molecule has 0 unspecified atom stereocenters. The smallest absolute Gasteiger partial charge is 0.137 e. The van der Waals surface area contributed by atoms with Crippen molar-refractivity contribution in [1.29, 1.82) is 0 Å². The number of imidazole rings is 1. The molecule has 1 aliphatic carbocycles. The molecule has 17 heavy (non-hydrogen) atoms. The molecule has 1 fully saturated rings. The highest BCUT2D eigenvalue weighted by Crippen LogP contribution is 2.45. The zero-order chi connectivity index (χ0) is 12.2. The Labute approximate surface area is 102 Å². The normalized spacial score (nSPS) is 17.9. The van der Waals surface area contributed by atoms with Gasteiger partial charge in [0.05, 0.1) is 16.9 Å². The molecule has 1 aliphatic rings. The van der Waals surface area contributed by atoms with Gasteiger partial charge in [0.1, 0.15) is 5.65 Å². The first-order valence-corrected chi connectivity index (χ1v) is 6.29. The summed E-state index contributed by atoms with van der Waals surface area (Å²) in [5, 5.41) is 0. The van der Waals surface area contributed by atoms with E-state index in [1.807, 2.05) is 0 Å². The maximum absolute atomic E-state index is 6.41. The van der Waals surface area contributed by atoms with Crippen molar-refractivity contribution in [2.24, 2.45) is 5.73 Å². The largest absolute Gasteiger partial charge is 0.320 e. The van der Waals surface area contributed by atoms with Crippen LogP contribution in [0.25, 0.3) is 5.65 Å². The van der Waals surface area contributed by atoms with Crippen LogP contribution >= 0.6 is 0 Å². The standard InChI is InChI=1S/C14H19N3/c1-9(2)12-13(14(15)6-7-14)17-8-10(3)4-5-11(17)16-12/h4-5,8-9H,6-7,15H2,1-3H3. The highest BCUT2D eigenvalue weighted by atomic mass is 15.1. The highest BCUT2D eigenvalue weighted by Gasteiger charge is 2.44. The lowest BCUT2D eigenvalue weighted by atomic mass is 10.0. The van der Waals surface area contributed by atoms with Gasteiger partial charge in [-0.2, -0.15) is 0 Å². The van der Waals surface area contributed by atoms with Crippen molar-refractivity contribution in [3.63, 3.8) is 0 Å². The van der Waals surface area contributed by atoms with Crippen LogP contribution in [0.1, 0.15) is 49.6 Å². The van der Waals surface area contributed by atoms with Gasteiger partial charge in [-0.1, -0.05) is 19.9 Å². The van der Waals surface area contributed by atoms with Crippen molar-refractivity contribution in [3.8, 4) is 0 Å². The van der Waals surface area contributed by atoms with E-state index >= 15 is 0 Å². The third-order valence-electron chi connectivity index (χ3n) is 3.60. The molecule has 3 nitrogen and oxygen atoms in total. The van der Waals surface area contributed by atoms with Gasteiger partial charge in [-0.15, -0.1) is 0 Å². The first-order chi connectivity index (χ1) is 8.01. The number of hydrogen-bond donors (Lipinski definition) is 1. The van der Waals surface area contributed by atoms with Crippen LogP contribution in [0.4, 0.5) is 0 Å². The molecular weight excluding hydrogens is 210 g/mol. The first-order valence-electron chi connectivity index (χ1n) is 6.29. The van der Waals surface area contributed by atoms with E-state index in [0.29, 0.717) is 5.92 Å². The fraction of sp³-hybridized carbons (Fsp3) is 0.500. The number of fused-ring (bicyclic) bond motifs is 1. The van der Waals surface area contributed by atoms with E-state index in [1.165, 1.54) is 11.3 Å². The van der Waals surface area contributed by atoms with Crippen molar-refractivity contribution in [1.82, 2.24) is 9.38 Å². The molecule has 0 aliphatic heterocycles. The summed E-state index contributed by atoms with van der Waals surface area (Å²) in [5.74, 6) is 0.422. The lowest BCUT2D eigenvalue weighted by Gasteiger charge is -2.13. The van der Waals surface area contributed by atoms with Crippen molar-refractivity contribution < 1.29 is 0 Å². The summed E-state index contributed by atoms with van der Waals surface area (Å²) in [4.78, 5) is 4.74. The van der Waals surface area contributed by atoms with Crippen molar-refractivity contribution in [2.75, 3.05) is 0 Å². The van der Waals surface area contributed by atoms with Gasteiger partial charge in [-0.05, 0) is 37.3 Å².